The topological polar surface area (TPSA) is 92.9 Å². The Morgan fingerprint density at radius 2 is 2.30 bits per heavy atom. The number of ether oxygens (including phenoxy) is 1. The number of morpholine rings is 1. The van der Waals surface area contributed by atoms with Gasteiger partial charge < -0.3 is 14.7 Å². The molecule has 7 nitrogen and oxygen atoms in total. The number of aliphatic carboxylic acids is 1. The first-order valence-corrected chi connectivity index (χ1v) is 6.42. The molecule has 2 unspecified atom stereocenters. The van der Waals surface area contributed by atoms with Gasteiger partial charge >= 0.3 is 5.97 Å². The molecule has 0 saturated carbocycles. The number of non-ortho nitro benzene ring substituents is 1. The summed E-state index contributed by atoms with van der Waals surface area (Å²) < 4.78 is 5.38. The first-order valence-electron chi connectivity index (χ1n) is 6.42. The van der Waals surface area contributed by atoms with Gasteiger partial charge in [-0.15, -0.1) is 0 Å². The number of benzene rings is 1. The highest BCUT2D eigenvalue weighted by Crippen LogP contribution is 2.37. The predicted molar refractivity (Wildman–Crippen MR) is 69.9 cm³/mol. The SMILES string of the molecule is O=C(O)C1Cc2cc([N+](=O)[O-])ccc2N2CCOCC12. The van der Waals surface area contributed by atoms with E-state index in [-0.39, 0.29) is 11.7 Å². The minimum atomic E-state index is -0.886. The van der Waals surface area contributed by atoms with E-state index < -0.39 is 16.8 Å². The van der Waals surface area contributed by atoms with Crippen LogP contribution in [0.5, 0.6) is 0 Å². The lowest BCUT2D eigenvalue weighted by atomic mass is 9.85. The summed E-state index contributed by atoms with van der Waals surface area (Å²) in [5.74, 6) is -1.48. The summed E-state index contributed by atoms with van der Waals surface area (Å²) in [5.41, 5.74) is 1.62. The van der Waals surface area contributed by atoms with Crippen molar-refractivity contribution in [1.82, 2.24) is 0 Å². The zero-order chi connectivity index (χ0) is 14.3. The zero-order valence-electron chi connectivity index (χ0n) is 10.7. The van der Waals surface area contributed by atoms with E-state index in [9.17, 15) is 20.0 Å². The Hall–Kier alpha value is -2.15. The number of nitrogens with zero attached hydrogens (tertiary/aromatic N) is 2. The second-order valence-electron chi connectivity index (χ2n) is 5.05. The number of fused-ring (bicyclic) bond motifs is 3. The third kappa shape index (κ3) is 2.00. The van der Waals surface area contributed by atoms with E-state index in [2.05, 4.69) is 0 Å². The molecule has 0 aromatic heterocycles. The number of carboxylic acids is 1. The van der Waals surface area contributed by atoms with Crippen molar-refractivity contribution in [2.75, 3.05) is 24.7 Å². The molecule has 1 N–H and O–H groups in total. The molecule has 1 aromatic carbocycles. The van der Waals surface area contributed by atoms with Crippen LogP contribution >= 0.6 is 0 Å². The average Bonchev–Trinajstić information content (AvgIpc) is 2.45. The van der Waals surface area contributed by atoms with E-state index >= 15 is 0 Å². The third-order valence-electron chi connectivity index (χ3n) is 3.97. The lowest BCUT2D eigenvalue weighted by Crippen LogP contribution is -2.54. The predicted octanol–water partition coefficient (Wildman–Crippen LogP) is 1.06. The molecular weight excluding hydrogens is 264 g/mol. The van der Waals surface area contributed by atoms with Crippen LogP contribution in [0.2, 0.25) is 0 Å². The van der Waals surface area contributed by atoms with Gasteiger partial charge in [0.2, 0.25) is 0 Å². The van der Waals surface area contributed by atoms with Gasteiger partial charge in [-0.3, -0.25) is 14.9 Å². The van der Waals surface area contributed by atoms with Crippen molar-refractivity contribution in [3.8, 4) is 0 Å². The summed E-state index contributed by atoms with van der Waals surface area (Å²) >= 11 is 0. The largest absolute Gasteiger partial charge is 0.481 e. The van der Waals surface area contributed by atoms with E-state index in [4.69, 9.17) is 4.74 Å². The molecule has 106 valence electrons. The Morgan fingerprint density at radius 1 is 1.50 bits per heavy atom. The molecule has 1 fully saturated rings. The van der Waals surface area contributed by atoms with Crippen LogP contribution in [0.25, 0.3) is 0 Å². The lowest BCUT2D eigenvalue weighted by molar-refractivity contribution is -0.384. The van der Waals surface area contributed by atoms with Gasteiger partial charge in [0.15, 0.2) is 0 Å². The van der Waals surface area contributed by atoms with Crippen LogP contribution in [0.4, 0.5) is 11.4 Å². The van der Waals surface area contributed by atoms with E-state index in [1.807, 2.05) is 4.90 Å². The Morgan fingerprint density at radius 3 is 3.00 bits per heavy atom. The van der Waals surface area contributed by atoms with Crippen LogP contribution in [0, 0.1) is 16.0 Å². The maximum absolute atomic E-state index is 11.4. The molecule has 7 heteroatoms. The highest BCUT2D eigenvalue weighted by Gasteiger charge is 2.40. The fourth-order valence-corrected chi connectivity index (χ4v) is 3.01. The molecule has 0 bridgehead atoms. The van der Waals surface area contributed by atoms with Crippen LogP contribution in [0.15, 0.2) is 18.2 Å². The summed E-state index contributed by atoms with van der Waals surface area (Å²) in [6, 6.07) is 4.46. The van der Waals surface area contributed by atoms with E-state index in [1.165, 1.54) is 12.1 Å². The molecule has 0 amide bonds. The van der Waals surface area contributed by atoms with Crippen molar-refractivity contribution in [3.05, 3.63) is 33.9 Å². The van der Waals surface area contributed by atoms with E-state index in [0.29, 0.717) is 26.2 Å². The lowest BCUT2D eigenvalue weighted by Gasteiger charge is -2.44. The van der Waals surface area contributed by atoms with Crippen LogP contribution in [0.3, 0.4) is 0 Å². The Bertz CT molecular complexity index is 574. The Balaban J connectivity index is 2.04. The molecule has 0 aliphatic carbocycles. The normalized spacial score (nSPS) is 24.7. The summed E-state index contributed by atoms with van der Waals surface area (Å²) in [4.78, 5) is 23.8. The van der Waals surface area contributed by atoms with Crippen molar-refractivity contribution in [1.29, 1.82) is 0 Å². The first-order chi connectivity index (χ1) is 9.58. The molecule has 2 heterocycles. The highest BCUT2D eigenvalue weighted by atomic mass is 16.6. The maximum atomic E-state index is 11.4. The fraction of sp³-hybridized carbons (Fsp3) is 0.462. The highest BCUT2D eigenvalue weighted by molar-refractivity contribution is 5.75. The molecular formula is C13H14N2O5. The molecule has 3 rings (SSSR count). The number of nitro groups is 1. The van der Waals surface area contributed by atoms with Crippen LogP contribution in [-0.2, 0) is 16.0 Å². The van der Waals surface area contributed by atoms with Gasteiger partial charge in [0.25, 0.3) is 5.69 Å². The van der Waals surface area contributed by atoms with Crippen LogP contribution < -0.4 is 4.90 Å². The Kier molecular flexibility index (Phi) is 3.06. The van der Waals surface area contributed by atoms with Crippen molar-refractivity contribution in [2.24, 2.45) is 5.92 Å². The number of hydrogen-bond acceptors (Lipinski definition) is 5. The molecule has 20 heavy (non-hydrogen) atoms. The number of hydrogen-bond donors (Lipinski definition) is 1. The van der Waals surface area contributed by atoms with E-state index in [1.54, 1.807) is 6.07 Å². The first kappa shape index (κ1) is 12.9. The minimum Gasteiger partial charge on any atom is -0.481 e. The van der Waals surface area contributed by atoms with Gasteiger partial charge in [0, 0.05) is 24.4 Å². The van der Waals surface area contributed by atoms with Gasteiger partial charge in [-0.2, -0.15) is 0 Å². The number of anilines is 1. The Labute approximate surface area is 114 Å². The van der Waals surface area contributed by atoms with Crippen molar-refractivity contribution in [2.45, 2.75) is 12.5 Å². The zero-order valence-corrected chi connectivity index (χ0v) is 10.7. The number of carbonyl (C=O) groups is 1. The number of carboxylic acid groups (broad SMARTS) is 1. The molecule has 2 aliphatic rings. The van der Waals surface area contributed by atoms with Gasteiger partial charge in [0.1, 0.15) is 0 Å². The van der Waals surface area contributed by atoms with Gasteiger partial charge in [-0.25, -0.2) is 0 Å². The van der Waals surface area contributed by atoms with Crippen molar-refractivity contribution < 1.29 is 19.6 Å². The molecule has 1 aromatic rings. The summed E-state index contributed by atoms with van der Waals surface area (Å²) in [6.45, 7) is 1.53. The maximum Gasteiger partial charge on any atom is 0.309 e. The molecule has 0 spiro atoms. The summed E-state index contributed by atoms with van der Waals surface area (Å²) in [6.07, 6.45) is 0.302. The van der Waals surface area contributed by atoms with Gasteiger partial charge in [0.05, 0.1) is 30.1 Å². The quantitative estimate of drug-likeness (QED) is 0.642. The van der Waals surface area contributed by atoms with Gasteiger partial charge in [-0.05, 0) is 18.1 Å². The minimum absolute atomic E-state index is 0.000372. The van der Waals surface area contributed by atoms with Crippen LogP contribution in [-0.4, -0.2) is 41.8 Å². The number of rotatable bonds is 2. The monoisotopic (exact) mass is 278 g/mol. The van der Waals surface area contributed by atoms with Crippen LogP contribution in [0.1, 0.15) is 5.56 Å². The van der Waals surface area contributed by atoms with Crippen molar-refractivity contribution in [3.63, 3.8) is 0 Å². The summed E-state index contributed by atoms with van der Waals surface area (Å²) in [7, 11) is 0. The smallest absolute Gasteiger partial charge is 0.309 e. The van der Waals surface area contributed by atoms with E-state index in [0.717, 1.165) is 11.3 Å². The third-order valence-corrected chi connectivity index (χ3v) is 3.97. The molecule has 2 atom stereocenters. The molecule has 1 saturated heterocycles. The number of nitro benzene ring substituents is 1. The second kappa shape index (κ2) is 4.75. The second-order valence-corrected chi connectivity index (χ2v) is 5.05. The molecule has 0 radical (unpaired) electrons. The van der Waals surface area contributed by atoms with Gasteiger partial charge in [-0.1, -0.05) is 0 Å². The summed E-state index contributed by atoms with van der Waals surface area (Å²) in [5, 5.41) is 20.2. The fourth-order valence-electron chi connectivity index (χ4n) is 3.01. The standard InChI is InChI=1S/C13H14N2O5/c16-13(17)10-6-8-5-9(15(18)19)1-2-11(8)14-3-4-20-7-12(10)14/h1-2,5,10,12H,3-4,6-7H2,(H,16,17). The van der Waals surface area contributed by atoms with Crippen molar-refractivity contribution >= 4 is 17.3 Å². The average molecular weight is 278 g/mol. The molecule has 2 aliphatic heterocycles.